The van der Waals surface area contributed by atoms with E-state index in [1.807, 2.05) is 0 Å². The van der Waals surface area contributed by atoms with Crippen LogP contribution in [0, 0.1) is 11.6 Å². The lowest BCUT2D eigenvalue weighted by Crippen LogP contribution is -2.41. The number of amides is 2. The van der Waals surface area contributed by atoms with Gasteiger partial charge in [-0.25, -0.2) is 13.6 Å². The van der Waals surface area contributed by atoms with Crippen LogP contribution in [0.4, 0.5) is 32.4 Å². The lowest BCUT2D eigenvalue weighted by molar-refractivity contribution is -0.137. The molecule has 29 heavy (non-hydrogen) atoms. The Morgan fingerprint density at radius 3 is 2.24 bits per heavy atom. The largest absolute Gasteiger partial charge is 0.490 e. The van der Waals surface area contributed by atoms with Crippen LogP contribution < -0.4 is 15.4 Å². The van der Waals surface area contributed by atoms with Gasteiger partial charge in [-0.05, 0) is 62.1 Å². The Morgan fingerprint density at radius 1 is 0.966 bits per heavy atom. The van der Waals surface area contributed by atoms with Crippen molar-refractivity contribution in [3.8, 4) is 5.75 Å². The maximum Gasteiger partial charge on any atom is 0.416 e. The highest BCUT2D eigenvalue weighted by Gasteiger charge is 2.30. The molecule has 0 atom stereocenters. The van der Waals surface area contributed by atoms with Gasteiger partial charge in [0.1, 0.15) is 5.75 Å². The molecular formula is C20H19F5N2O2. The number of halogens is 5. The molecule has 3 rings (SSSR count). The van der Waals surface area contributed by atoms with Crippen molar-refractivity contribution in [2.75, 3.05) is 5.32 Å². The molecule has 0 unspecified atom stereocenters. The molecule has 1 fully saturated rings. The van der Waals surface area contributed by atoms with Gasteiger partial charge in [0.2, 0.25) is 0 Å². The molecule has 156 valence electrons. The summed E-state index contributed by atoms with van der Waals surface area (Å²) in [5.74, 6) is -1.83. The van der Waals surface area contributed by atoms with Crippen LogP contribution >= 0.6 is 0 Å². The SMILES string of the molecule is O=C(Nc1cccc(F)c1F)N[C@H]1CC[C@H](Oc2ccc(C(F)(F)F)cc2)CC1. The van der Waals surface area contributed by atoms with Crippen molar-refractivity contribution < 1.29 is 31.5 Å². The third-order valence-corrected chi connectivity index (χ3v) is 4.69. The van der Waals surface area contributed by atoms with Crippen molar-refractivity contribution >= 4 is 11.7 Å². The van der Waals surface area contributed by atoms with E-state index in [4.69, 9.17) is 4.74 Å². The van der Waals surface area contributed by atoms with Gasteiger partial charge in [0.15, 0.2) is 11.6 Å². The van der Waals surface area contributed by atoms with Gasteiger partial charge < -0.3 is 15.4 Å². The van der Waals surface area contributed by atoms with Crippen LogP contribution in [0.25, 0.3) is 0 Å². The summed E-state index contributed by atoms with van der Waals surface area (Å²) in [5, 5.41) is 4.98. The molecule has 0 radical (unpaired) electrons. The molecule has 0 bridgehead atoms. The number of ether oxygens (including phenoxy) is 1. The third kappa shape index (κ3) is 5.58. The molecule has 2 aromatic carbocycles. The van der Waals surface area contributed by atoms with Gasteiger partial charge in [0.05, 0.1) is 17.4 Å². The maximum absolute atomic E-state index is 13.6. The average Bonchev–Trinajstić information content (AvgIpc) is 2.67. The number of alkyl halides is 3. The lowest BCUT2D eigenvalue weighted by Gasteiger charge is -2.29. The van der Waals surface area contributed by atoms with E-state index in [0.717, 1.165) is 18.2 Å². The molecule has 1 aliphatic carbocycles. The second-order valence-electron chi connectivity index (χ2n) is 6.81. The summed E-state index contributed by atoms with van der Waals surface area (Å²) in [4.78, 5) is 12.0. The Kier molecular flexibility index (Phi) is 6.24. The fourth-order valence-corrected chi connectivity index (χ4v) is 3.18. The van der Waals surface area contributed by atoms with Crippen molar-refractivity contribution in [2.45, 2.75) is 44.0 Å². The zero-order valence-electron chi connectivity index (χ0n) is 15.2. The van der Waals surface area contributed by atoms with Crippen LogP contribution in [0.5, 0.6) is 5.75 Å². The molecule has 2 N–H and O–H groups in total. The molecule has 1 aliphatic rings. The Labute approximate surface area is 164 Å². The zero-order valence-corrected chi connectivity index (χ0v) is 15.2. The second-order valence-corrected chi connectivity index (χ2v) is 6.81. The van der Waals surface area contributed by atoms with E-state index in [-0.39, 0.29) is 17.8 Å². The predicted octanol–water partition coefficient (Wildman–Crippen LogP) is 5.50. The molecule has 9 heteroatoms. The Balaban J connectivity index is 1.45. The van der Waals surface area contributed by atoms with Crippen molar-refractivity contribution in [2.24, 2.45) is 0 Å². The first-order valence-corrected chi connectivity index (χ1v) is 9.08. The molecular weight excluding hydrogens is 395 g/mol. The highest BCUT2D eigenvalue weighted by atomic mass is 19.4. The van der Waals surface area contributed by atoms with E-state index in [1.165, 1.54) is 24.3 Å². The number of rotatable bonds is 4. The number of carbonyl (C=O) groups excluding carboxylic acids is 1. The van der Waals surface area contributed by atoms with E-state index in [1.54, 1.807) is 0 Å². The Bertz CT molecular complexity index is 847. The predicted molar refractivity (Wildman–Crippen MR) is 96.6 cm³/mol. The minimum absolute atomic E-state index is 0.168. The summed E-state index contributed by atoms with van der Waals surface area (Å²) in [5.41, 5.74) is -0.986. The number of nitrogens with one attached hydrogen (secondary N) is 2. The molecule has 0 spiro atoms. The first kappa shape index (κ1) is 20.9. The van der Waals surface area contributed by atoms with Gasteiger partial charge in [-0.1, -0.05) is 6.07 Å². The third-order valence-electron chi connectivity index (χ3n) is 4.69. The number of hydrogen-bond acceptors (Lipinski definition) is 2. The molecule has 4 nitrogen and oxygen atoms in total. The lowest BCUT2D eigenvalue weighted by atomic mass is 9.93. The summed E-state index contributed by atoms with van der Waals surface area (Å²) in [6.07, 6.45) is -2.19. The van der Waals surface area contributed by atoms with Gasteiger partial charge >= 0.3 is 12.2 Å². The summed E-state index contributed by atoms with van der Waals surface area (Å²) in [6, 6.07) is 7.21. The topological polar surface area (TPSA) is 50.4 Å². The summed E-state index contributed by atoms with van der Waals surface area (Å²) in [7, 11) is 0. The van der Waals surface area contributed by atoms with E-state index in [9.17, 15) is 26.7 Å². The number of carbonyl (C=O) groups is 1. The smallest absolute Gasteiger partial charge is 0.416 e. The minimum atomic E-state index is -4.39. The molecule has 2 amide bonds. The van der Waals surface area contributed by atoms with Crippen LogP contribution in [-0.2, 0) is 6.18 Å². The molecule has 0 heterocycles. The normalized spacial score (nSPS) is 19.5. The number of benzene rings is 2. The Morgan fingerprint density at radius 2 is 1.62 bits per heavy atom. The second kappa shape index (κ2) is 8.67. The maximum atomic E-state index is 13.6. The summed E-state index contributed by atoms with van der Waals surface area (Å²) in [6.45, 7) is 0. The van der Waals surface area contributed by atoms with Gasteiger partial charge in [-0.3, -0.25) is 0 Å². The van der Waals surface area contributed by atoms with Crippen LogP contribution in [0.2, 0.25) is 0 Å². The fraction of sp³-hybridized carbons (Fsp3) is 0.350. The van der Waals surface area contributed by atoms with Gasteiger partial charge in [-0.15, -0.1) is 0 Å². The van der Waals surface area contributed by atoms with E-state index in [0.29, 0.717) is 31.4 Å². The molecule has 2 aromatic rings. The van der Waals surface area contributed by atoms with Crippen molar-refractivity contribution in [3.63, 3.8) is 0 Å². The zero-order chi connectivity index (χ0) is 21.0. The average molecular weight is 414 g/mol. The Hall–Kier alpha value is -2.84. The molecule has 1 saturated carbocycles. The quantitative estimate of drug-likeness (QED) is 0.650. The van der Waals surface area contributed by atoms with Crippen molar-refractivity contribution in [1.29, 1.82) is 0 Å². The van der Waals surface area contributed by atoms with Gasteiger partial charge in [0, 0.05) is 6.04 Å². The first-order chi connectivity index (χ1) is 13.7. The van der Waals surface area contributed by atoms with E-state index >= 15 is 0 Å². The van der Waals surface area contributed by atoms with Crippen LogP contribution in [0.15, 0.2) is 42.5 Å². The number of urea groups is 1. The fourth-order valence-electron chi connectivity index (χ4n) is 3.18. The standard InChI is InChI=1S/C20H19F5N2O2/c21-16-2-1-3-17(18(16)22)27-19(28)26-13-6-10-15(11-7-13)29-14-8-4-12(5-9-14)20(23,24)25/h1-5,8-9,13,15H,6-7,10-11H2,(H2,26,27,28)/t13-,15-. The van der Waals surface area contributed by atoms with Crippen LogP contribution in [-0.4, -0.2) is 18.2 Å². The first-order valence-electron chi connectivity index (χ1n) is 9.08. The van der Waals surface area contributed by atoms with Gasteiger partial charge in [0.25, 0.3) is 0 Å². The van der Waals surface area contributed by atoms with Crippen molar-refractivity contribution in [1.82, 2.24) is 5.32 Å². The highest BCUT2D eigenvalue weighted by Crippen LogP contribution is 2.31. The number of hydrogen-bond donors (Lipinski definition) is 2. The molecule has 0 aliphatic heterocycles. The van der Waals surface area contributed by atoms with Crippen molar-refractivity contribution in [3.05, 3.63) is 59.7 Å². The number of anilines is 1. The van der Waals surface area contributed by atoms with Crippen LogP contribution in [0.1, 0.15) is 31.2 Å². The van der Waals surface area contributed by atoms with E-state index in [2.05, 4.69) is 10.6 Å². The molecule has 0 saturated heterocycles. The minimum Gasteiger partial charge on any atom is -0.490 e. The summed E-state index contributed by atoms with van der Waals surface area (Å²) < 4.78 is 70.2. The van der Waals surface area contributed by atoms with Crippen LogP contribution in [0.3, 0.4) is 0 Å². The summed E-state index contributed by atoms with van der Waals surface area (Å²) >= 11 is 0. The monoisotopic (exact) mass is 414 g/mol. The highest BCUT2D eigenvalue weighted by molar-refractivity contribution is 5.89. The van der Waals surface area contributed by atoms with Gasteiger partial charge in [-0.2, -0.15) is 13.2 Å². The molecule has 0 aromatic heterocycles. The van der Waals surface area contributed by atoms with E-state index < -0.39 is 29.4 Å².